The van der Waals surface area contributed by atoms with Gasteiger partial charge >= 0.3 is 0 Å². The topological polar surface area (TPSA) is 89.7 Å². The summed E-state index contributed by atoms with van der Waals surface area (Å²) in [4.78, 5) is 27.1. The molecule has 1 aliphatic heterocycles. The molecule has 1 aromatic carbocycles. The van der Waals surface area contributed by atoms with Crippen LogP contribution in [-0.4, -0.2) is 30.9 Å². The number of fused-ring (bicyclic) bond motifs is 3. The van der Waals surface area contributed by atoms with Crippen molar-refractivity contribution in [3.8, 4) is 5.13 Å². The van der Waals surface area contributed by atoms with Crippen molar-refractivity contribution < 1.29 is 0 Å². The van der Waals surface area contributed by atoms with Crippen LogP contribution >= 0.6 is 11.3 Å². The van der Waals surface area contributed by atoms with Crippen molar-refractivity contribution in [2.24, 2.45) is 0 Å². The fraction of sp³-hybridized carbons (Fsp3) is 0.440. The summed E-state index contributed by atoms with van der Waals surface area (Å²) in [5, 5.41) is 10.2. The number of aromatic nitrogens is 5. The zero-order chi connectivity index (χ0) is 23.7. The lowest BCUT2D eigenvalue weighted by Crippen LogP contribution is -2.33. The third-order valence-electron chi connectivity index (χ3n) is 6.98. The van der Waals surface area contributed by atoms with Crippen molar-refractivity contribution in [2.75, 3.05) is 11.9 Å². The Balaban J connectivity index is 1.40. The maximum atomic E-state index is 13.1. The lowest BCUT2D eigenvalue weighted by molar-refractivity contribution is 0.531. The van der Waals surface area contributed by atoms with E-state index in [0.29, 0.717) is 28.9 Å². The fourth-order valence-corrected chi connectivity index (χ4v) is 5.93. The van der Waals surface area contributed by atoms with Gasteiger partial charge < -0.3 is 10.6 Å². The molecule has 4 heterocycles. The van der Waals surface area contributed by atoms with Crippen LogP contribution in [0.1, 0.15) is 57.4 Å². The van der Waals surface area contributed by atoms with E-state index < -0.39 is 0 Å². The van der Waals surface area contributed by atoms with Gasteiger partial charge in [0.15, 0.2) is 5.65 Å². The number of rotatable bonds is 4. The largest absolute Gasteiger partial charge is 0.324 e. The highest BCUT2D eigenvalue weighted by Crippen LogP contribution is 2.50. The Kier molecular flexibility index (Phi) is 4.73. The molecule has 1 fully saturated rings. The lowest BCUT2D eigenvalue weighted by Gasteiger charge is -2.26. The van der Waals surface area contributed by atoms with Gasteiger partial charge in [0.05, 0.1) is 5.69 Å². The van der Waals surface area contributed by atoms with Crippen LogP contribution in [0.2, 0.25) is 0 Å². The zero-order valence-electron chi connectivity index (χ0n) is 20.0. The normalized spacial score (nSPS) is 16.7. The molecule has 1 saturated carbocycles. The molecule has 2 aliphatic rings. The van der Waals surface area contributed by atoms with Gasteiger partial charge in [-0.15, -0.1) is 11.3 Å². The Morgan fingerprint density at radius 2 is 2.06 bits per heavy atom. The average molecular weight is 476 g/mol. The molecule has 0 amide bonds. The fourth-order valence-electron chi connectivity index (χ4n) is 4.87. The van der Waals surface area contributed by atoms with Gasteiger partial charge in [0, 0.05) is 47.7 Å². The molecule has 4 aromatic rings. The smallest absolute Gasteiger partial charge is 0.278 e. The van der Waals surface area contributed by atoms with Crippen LogP contribution in [0, 0.1) is 0 Å². The van der Waals surface area contributed by atoms with Crippen LogP contribution in [-0.2, 0) is 23.9 Å². The van der Waals surface area contributed by atoms with Crippen molar-refractivity contribution >= 4 is 34.0 Å². The molecule has 8 nitrogen and oxygen atoms in total. The molecule has 1 aliphatic carbocycles. The van der Waals surface area contributed by atoms with Crippen LogP contribution in [0.15, 0.2) is 34.6 Å². The van der Waals surface area contributed by atoms with E-state index in [1.54, 1.807) is 10.9 Å². The third kappa shape index (κ3) is 3.37. The highest BCUT2D eigenvalue weighted by Gasteiger charge is 2.46. The summed E-state index contributed by atoms with van der Waals surface area (Å²) in [6.07, 6.45) is 4.14. The molecular weight excluding hydrogens is 446 g/mol. The molecule has 0 saturated heterocycles. The molecule has 0 atom stereocenters. The number of anilines is 2. The van der Waals surface area contributed by atoms with E-state index >= 15 is 0 Å². The summed E-state index contributed by atoms with van der Waals surface area (Å²) < 4.78 is 3.51. The minimum atomic E-state index is -0.105. The zero-order valence-corrected chi connectivity index (χ0v) is 20.8. The maximum absolute atomic E-state index is 13.1. The monoisotopic (exact) mass is 475 g/mol. The van der Waals surface area contributed by atoms with E-state index in [1.807, 2.05) is 11.6 Å². The van der Waals surface area contributed by atoms with Crippen molar-refractivity contribution in [3.63, 3.8) is 0 Å². The second-order valence-corrected chi connectivity index (χ2v) is 11.2. The summed E-state index contributed by atoms with van der Waals surface area (Å²) >= 11 is 1.52. The van der Waals surface area contributed by atoms with Crippen LogP contribution in [0.3, 0.4) is 0 Å². The van der Waals surface area contributed by atoms with Crippen molar-refractivity contribution in [2.45, 2.75) is 64.5 Å². The van der Waals surface area contributed by atoms with Gasteiger partial charge in [-0.05, 0) is 43.0 Å². The summed E-state index contributed by atoms with van der Waals surface area (Å²) in [6.45, 7) is 10.8. The van der Waals surface area contributed by atoms with Gasteiger partial charge in [-0.1, -0.05) is 26.8 Å². The molecule has 6 rings (SSSR count). The molecule has 0 unspecified atom stereocenters. The summed E-state index contributed by atoms with van der Waals surface area (Å²) in [5.74, 6) is 0.465. The first-order valence-electron chi connectivity index (χ1n) is 11.9. The van der Waals surface area contributed by atoms with E-state index in [2.05, 4.69) is 60.0 Å². The van der Waals surface area contributed by atoms with Gasteiger partial charge in [-0.2, -0.15) is 4.98 Å². The molecule has 2 N–H and O–H groups in total. The quantitative estimate of drug-likeness (QED) is 0.459. The van der Waals surface area contributed by atoms with E-state index in [4.69, 9.17) is 9.97 Å². The van der Waals surface area contributed by atoms with Gasteiger partial charge in [0.2, 0.25) is 11.1 Å². The number of nitrogens with zero attached hydrogens (tertiary/aromatic N) is 5. The predicted molar refractivity (Wildman–Crippen MR) is 136 cm³/mol. The highest BCUT2D eigenvalue weighted by molar-refractivity contribution is 7.12. The Morgan fingerprint density at radius 1 is 1.24 bits per heavy atom. The van der Waals surface area contributed by atoms with E-state index in [1.165, 1.54) is 35.3 Å². The SMILES string of the molecule is CCn1c(=O)c2cnc(Nc3ccc4c(c3)CNCC43CC3)nc2n1-c1nc(C(C)(C)C)cs1. The van der Waals surface area contributed by atoms with Gasteiger partial charge in [0.25, 0.3) is 5.56 Å². The molecule has 3 aromatic heterocycles. The van der Waals surface area contributed by atoms with Gasteiger partial charge in [0.1, 0.15) is 5.39 Å². The number of hydrogen-bond acceptors (Lipinski definition) is 7. The second kappa shape index (κ2) is 7.48. The third-order valence-corrected chi connectivity index (χ3v) is 7.80. The molecular formula is C25H29N7OS. The summed E-state index contributed by atoms with van der Waals surface area (Å²) in [6, 6.07) is 6.55. The number of nitrogens with one attached hydrogen (secondary N) is 2. The van der Waals surface area contributed by atoms with Crippen molar-refractivity contribution in [3.05, 3.63) is 57.0 Å². The molecule has 1 spiro atoms. The first-order valence-corrected chi connectivity index (χ1v) is 12.7. The number of hydrogen-bond donors (Lipinski definition) is 2. The lowest BCUT2D eigenvalue weighted by atomic mass is 9.88. The minimum Gasteiger partial charge on any atom is -0.324 e. The summed E-state index contributed by atoms with van der Waals surface area (Å²) in [5.41, 5.74) is 5.49. The predicted octanol–water partition coefficient (Wildman–Crippen LogP) is 4.23. The standard InChI is InChI=1S/C25H29N7OS/c1-5-31-21(33)17-12-27-22(30-20(17)32(31)23-29-19(13-34-23)24(2,3)4)28-16-6-7-18-15(10-16)11-26-14-25(18)8-9-25/h6-7,10,12-13,26H,5,8-9,11,14H2,1-4H3,(H,27,28,30). The molecule has 0 bridgehead atoms. The Hall–Kier alpha value is -3.04. The van der Waals surface area contributed by atoms with E-state index in [-0.39, 0.29) is 11.0 Å². The van der Waals surface area contributed by atoms with Crippen molar-refractivity contribution in [1.29, 1.82) is 0 Å². The Labute approximate surface area is 202 Å². The molecule has 176 valence electrons. The van der Waals surface area contributed by atoms with Crippen LogP contribution in [0.25, 0.3) is 16.2 Å². The maximum Gasteiger partial charge on any atom is 0.278 e. The van der Waals surface area contributed by atoms with Crippen LogP contribution in [0.4, 0.5) is 11.6 Å². The van der Waals surface area contributed by atoms with E-state index in [0.717, 1.165) is 29.6 Å². The molecule has 0 radical (unpaired) electrons. The second-order valence-electron chi connectivity index (χ2n) is 10.4. The Morgan fingerprint density at radius 3 is 2.76 bits per heavy atom. The van der Waals surface area contributed by atoms with Crippen molar-refractivity contribution in [1.82, 2.24) is 29.6 Å². The first kappa shape index (κ1) is 21.5. The number of thiazole rings is 1. The van der Waals surface area contributed by atoms with Gasteiger partial charge in [-0.25, -0.2) is 19.3 Å². The van der Waals surface area contributed by atoms with Crippen LogP contribution in [0.5, 0.6) is 0 Å². The number of benzene rings is 1. The van der Waals surface area contributed by atoms with Gasteiger partial charge in [-0.3, -0.25) is 4.79 Å². The summed E-state index contributed by atoms with van der Waals surface area (Å²) in [7, 11) is 0. The van der Waals surface area contributed by atoms with E-state index in [9.17, 15) is 4.79 Å². The van der Waals surface area contributed by atoms with Crippen LogP contribution < -0.4 is 16.2 Å². The Bertz CT molecular complexity index is 1470. The minimum absolute atomic E-state index is 0.0723. The molecule has 9 heteroatoms. The highest BCUT2D eigenvalue weighted by atomic mass is 32.1. The average Bonchev–Trinajstić information content (AvgIpc) is 3.27. The molecule has 34 heavy (non-hydrogen) atoms. The first-order chi connectivity index (χ1) is 16.3.